The summed E-state index contributed by atoms with van der Waals surface area (Å²) in [5.74, 6) is -0.605. The van der Waals surface area contributed by atoms with Gasteiger partial charge in [0.25, 0.3) is 11.8 Å². The van der Waals surface area contributed by atoms with Crippen LogP contribution >= 0.6 is 0 Å². The molecular weight excluding hydrogens is 420 g/mol. The monoisotopic (exact) mass is 444 g/mol. The number of ether oxygens (including phenoxy) is 1. The van der Waals surface area contributed by atoms with E-state index in [-0.39, 0.29) is 17.1 Å². The molecule has 4 N–H and O–H groups in total. The topological polar surface area (TPSA) is 131 Å². The van der Waals surface area contributed by atoms with Gasteiger partial charge in [-0.05, 0) is 60.9 Å². The lowest BCUT2D eigenvalue weighted by Gasteiger charge is -2.16. The maximum absolute atomic E-state index is 12.7. The number of carbonyl (C=O) groups excluding carboxylic acids is 2. The first-order valence-corrected chi connectivity index (χ1v) is 11.1. The molecule has 0 radical (unpaired) electrons. The first-order valence-electron chi connectivity index (χ1n) is 9.64. The van der Waals surface area contributed by atoms with Crippen LogP contribution in [0.15, 0.2) is 60.0 Å². The summed E-state index contributed by atoms with van der Waals surface area (Å²) >= 11 is 0. The van der Waals surface area contributed by atoms with Crippen LogP contribution < -0.4 is 21.3 Å². The second-order valence-electron chi connectivity index (χ2n) is 6.98. The lowest BCUT2D eigenvalue weighted by atomic mass is 10.2. The molecule has 0 aromatic heterocycles. The van der Waals surface area contributed by atoms with E-state index in [1.54, 1.807) is 24.3 Å². The Hall–Kier alpha value is -3.37. The van der Waals surface area contributed by atoms with Crippen molar-refractivity contribution in [3.05, 3.63) is 66.2 Å². The van der Waals surface area contributed by atoms with Gasteiger partial charge in [-0.15, -0.1) is 0 Å². The molecule has 2 aromatic carbocycles. The van der Waals surface area contributed by atoms with Gasteiger partial charge in [0, 0.05) is 18.7 Å². The lowest BCUT2D eigenvalue weighted by Crippen LogP contribution is -2.36. The molecule has 0 unspecified atom stereocenters. The van der Waals surface area contributed by atoms with Gasteiger partial charge in [0.15, 0.2) is 6.61 Å². The van der Waals surface area contributed by atoms with Crippen LogP contribution in [0.3, 0.4) is 0 Å². The maximum atomic E-state index is 12.7. The number of hydrazine groups is 1. The van der Waals surface area contributed by atoms with Crippen molar-refractivity contribution >= 4 is 27.5 Å². The van der Waals surface area contributed by atoms with E-state index in [1.165, 1.54) is 28.6 Å². The second kappa shape index (κ2) is 9.63. The predicted octanol–water partition coefficient (Wildman–Crippen LogP) is 1.24. The van der Waals surface area contributed by atoms with E-state index in [1.807, 2.05) is 0 Å². The first kappa shape index (κ1) is 22.3. The zero-order valence-electron chi connectivity index (χ0n) is 16.8. The Morgan fingerprint density at radius 1 is 1.03 bits per heavy atom. The molecule has 0 saturated carbocycles. The van der Waals surface area contributed by atoms with Crippen molar-refractivity contribution in [1.29, 1.82) is 0 Å². The number of rotatable bonds is 9. The summed E-state index contributed by atoms with van der Waals surface area (Å²) in [6.07, 6.45) is 1.67. The predicted molar refractivity (Wildman–Crippen MR) is 115 cm³/mol. The van der Waals surface area contributed by atoms with Crippen LogP contribution in [0.2, 0.25) is 0 Å². The Bertz CT molecular complexity index is 1080. The van der Waals surface area contributed by atoms with Crippen LogP contribution in [-0.4, -0.2) is 44.2 Å². The molecule has 0 bridgehead atoms. The Morgan fingerprint density at radius 2 is 1.71 bits per heavy atom. The molecule has 0 atom stereocenters. The van der Waals surface area contributed by atoms with Crippen LogP contribution in [0.4, 0.5) is 0 Å². The largest absolute Gasteiger partial charge is 0.484 e. The Balaban J connectivity index is 1.60. The molecule has 1 fully saturated rings. The number of hydrogen-bond donors (Lipinski definition) is 3. The first-order chi connectivity index (χ1) is 14.8. The van der Waals surface area contributed by atoms with Gasteiger partial charge >= 0.3 is 0 Å². The van der Waals surface area contributed by atoms with Crippen molar-refractivity contribution in [2.45, 2.75) is 17.7 Å². The third kappa shape index (κ3) is 5.62. The number of sulfonamides is 1. The highest BCUT2D eigenvalue weighted by Gasteiger charge is 2.27. The van der Waals surface area contributed by atoms with Gasteiger partial charge in [0.1, 0.15) is 5.75 Å². The van der Waals surface area contributed by atoms with Gasteiger partial charge < -0.3 is 10.5 Å². The molecular formula is C21H24N4O5S. The fourth-order valence-electron chi connectivity index (χ4n) is 3.06. The average Bonchev–Trinajstić information content (AvgIpc) is 3.32. The zero-order chi connectivity index (χ0) is 22.4. The third-order valence-corrected chi connectivity index (χ3v) is 6.60. The summed E-state index contributed by atoms with van der Waals surface area (Å²) in [6.45, 7) is 4.62. The van der Waals surface area contributed by atoms with Crippen molar-refractivity contribution in [2.24, 2.45) is 5.73 Å². The van der Waals surface area contributed by atoms with Gasteiger partial charge in [-0.3, -0.25) is 20.4 Å². The molecule has 1 aliphatic rings. The number of benzene rings is 2. The van der Waals surface area contributed by atoms with Crippen LogP contribution in [-0.2, 0) is 14.8 Å². The number of nitrogens with zero attached hydrogens (tertiary/aromatic N) is 1. The highest BCUT2D eigenvalue weighted by Crippen LogP contribution is 2.21. The Labute approximate surface area is 180 Å². The summed E-state index contributed by atoms with van der Waals surface area (Å²) in [6, 6.07) is 12.6. The zero-order valence-corrected chi connectivity index (χ0v) is 17.7. The van der Waals surface area contributed by atoms with E-state index < -0.39 is 21.8 Å². The average molecular weight is 445 g/mol. The number of hydrogen-bond acceptors (Lipinski definition) is 6. The van der Waals surface area contributed by atoms with Crippen molar-refractivity contribution in [3.63, 3.8) is 0 Å². The van der Waals surface area contributed by atoms with E-state index in [9.17, 15) is 18.0 Å². The highest BCUT2D eigenvalue weighted by molar-refractivity contribution is 7.89. The minimum atomic E-state index is -3.61. The minimum Gasteiger partial charge on any atom is -0.484 e. The van der Waals surface area contributed by atoms with Crippen LogP contribution in [0, 0.1) is 0 Å². The van der Waals surface area contributed by atoms with Crippen molar-refractivity contribution in [3.8, 4) is 5.75 Å². The molecule has 31 heavy (non-hydrogen) atoms. The van der Waals surface area contributed by atoms with Crippen LogP contribution in [0.5, 0.6) is 5.75 Å². The Morgan fingerprint density at radius 3 is 2.35 bits per heavy atom. The molecule has 1 heterocycles. The molecule has 3 rings (SSSR count). The van der Waals surface area contributed by atoms with Crippen molar-refractivity contribution < 1.29 is 22.7 Å². The van der Waals surface area contributed by atoms with Crippen LogP contribution in [0.1, 0.15) is 28.8 Å². The quantitative estimate of drug-likeness (QED) is 0.499. The fraction of sp³-hybridized carbons (Fsp3) is 0.238. The van der Waals surface area contributed by atoms with Gasteiger partial charge in [0.05, 0.1) is 10.6 Å². The van der Waals surface area contributed by atoms with Gasteiger partial charge in [-0.1, -0.05) is 12.6 Å². The normalized spacial score (nSPS) is 14.1. The van der Waals surface area contributed by atoms with Crippen molar-refractivity contribution in [2.75, 3.05) is 19.7 Å². The van der Waals surface area contributed by atoms with E-state index in [2.05, 4.69) is 17.4 Å². The van der Waals surface area contributed by atoms with Gasteiger partial charge in [0.2, 0.25) is 10.0 Å². The fourth-order valence-corrected chi connectivity index (χ4v) is 4.62. The van der Waals surface area contributed by atoms with Gasteiger partial charge in [-0.2, -0.15) is 4.31 Å². The standard InChI is InChI=1S/C21H24N4O5S/c1-15(16-7-9-18(10-8-16)30-14-20(22)26)23-24-21(27)17-5-4-6-19(13-17)31(28,29)25-11-2-3-12-25/h4-10,13,23H,1-3,11-12,14H2,(H2,22,26)(H,24,27). The molecule has 2 aromatic rings. The van der Waals surface area contributed by atoms with E-state index in [0.717, 1.165) is 12.8 Å². The molecule has 2 amide bonds. The van der Waals surface area contributed by atoms with E-state index in [0.29, 0.717) is 30.1 Å². The minimum absolute atomic E-state index is 0.0902. The maximum Gasteiger partial charge on any atom is 0.269 e. The molecule has 1 saturated heterocycles. The summed E-state index contributed by atoms with van der Waals surface area (Å²) in [5, 5.41) is 0. The highest BCUT2D eigenvalue weighted by atomic mass is 32.2. The smallest absolute Gasteiger partial charge is 0.269 e. The molecule has 9 nitrogen and oxygen atoms in total. The van der Waals surface area contributed by atoms with Crippen molar-refractivity contribution in [1.82, 2.24) is 15.2 Å². The number of nitrogens with two attached hydrogens (primary N) is 1. The molecule has 0 aliphatic carbocycles. The third-order valence-electron chi connectivity index (χ3n) is 4.71. The second-order valence-corrected chi connectivity index (χ2v) is 8.91. The number of primary amides is 1. The molecule has 1 aliphatic heterocycles. The summed E-state index contributed by atoms with van der Waals surface area (Å²) in [7, 11) is -3.61. The Kier molecular flexibility index (Phi) is 6.93. The number of carbonyl (C=O) groups is 2. The SMILES string of the molecule is C=C(NNC(=O)c1cccc(S(=O)(=O)N2CCCC2)c1)c1ccc(OCC(N)=O)cc1. The summed E-state index contributed by atoms with van der Waals surface area (Å²) < 4.78 is 32.0. The van der Waals surface area contributed by atoms with Gasteiger partial charge in [-0.25, -0.2) is 8.42 Å². The lowest BCUT2D eigenvalue weighted by molar-refractivity contribution is -0.119. The van der Waals surface area contributed by atoms with Crippen LogP contribution in [0.25, 0.3) is 5.70 Å². The van der Waals surface area contributed by atoms with E-state index in [4.69, 9.17) is 10.5 Å². The number of amides is 2. The molecule has 10 heteroatoms. The summed E-state index contributed by atoms with van der Waals surface area (Å²) in [5.41, 5.74) is 11.6. The summed E-state index contributed by atoms with van der Waals surface area (Å²) in [4.78, 5) is 23.3. The molecule has 0 spiro atoms. The van der Waals surface area contributed by atoms with E-state index >= 15 is 0 Å². The molecule has 164 valence electrons. The number of nitrogens with one attached hydrogen (secondary N) is 2.